The van der Waals surface area contributed by atoms with Gasteiger partial charge in [0.05, 0.1) is 6.21 Å². The summed E-state index contributed by atoms with van der Waals surface area (Å²) in [5.41, 5.74) is 7.72. The molecule has 15 heavy (non-hydrogen) atoms. The van der Waals surface area contributed by atoms with E-state index in [2.05, 4.69) is 30.8 Å². The van der Waals surface area contributed by atoms with Crippen LogP contribution >= 0.6 is 0 Å². The largest absolute Gasteiger partial charge is 0.461 e. The van der Waals surface area contributed by atoms with Crippen LogP contribution in [0.3, 0.4) is 0 Å². The minimum atomic E-state index is 0.363. The Morgan fingerprint density at radius 3 is 2.60 bits per heavy atom. The SMILES string of the molecule is C=C(/C=N\N=N)O/C(C)=C/C=C(C)CC. The molecule has 0 aliphatic heterocycles. The van der Waals surface area contributed by atoms with Crippen LogP contribution in [0.1, 0.15) is 27.2 Å². The molecule has 0 bridgehead atoms. The van der Waals surface area contributed by atoms with E-state index in [0.717, 1.165) is 12.2 Å². The molecule has 0 saturated carbocycles. The molecule has 0 aromatic heterocycles. The van der Waals surface area contributed by atoms with Gasteiger partial charge < -0.3 is 4.74 Å². The van der Waals surface area contributed by atoms with Gasteiger partial charge in [0.25, 0.3) is 0 Å². The minimum absolute atomic E-state index is 0.363. The molecule has 0 rings (SSSR count). The molecule has 0 amide bonds. The van der Waals surface area contributed by atoms with Crippen molar-refractivity contribution in [3.63, 3.8) is 0 Å². The molecule has 0 unspecified atom stereocenters. The van der Waals surface area contributed by atoms with Gasteiger partial charge in [-0.1, -0.05) is 30.4 Å². The molecule has 0 atom stereocenters. The average molecular weight is 207 g/mol. The van der Waals surface area contributed by atoms with Crippen molar-refractivity contribution in [3.05, 3.63) is 35.8 Å². The number of rotatable bonds is 6. The smallest absolute Gasteiger partial charge is 0.139 e. The lowest BCUT2D eigenvalue weighted by atomic mass is 10.2. The molecule has 0 aliphatic rings. The third-order valence-corrected chi connectivity index (χ3v) is 1.71. The van der Waals surface area contributed by atoms with Crippen LogP contribution in [0.5, 0.6) is 0 Å². The van der Waals surface area contributed by atoms with Crippen LogP contribution < -0.4 is 0 Å². The summed E-state index contributed by atoms with van der Waals surface area (Å²) in [6.45, 7) is 9.58. The third-order valence-electron chi connectivity index (χ3n) is 1.71. The lowest BCUT2D eigenvalue weighted by Gasteiger charge is -2.02. The summed E-state index contributed by atoms with van der Waals surface area (Å²) >= 11 is 0. The van der Waals surface area contributed by atoms with E-state index in [1.54, 1.807) is 0 Å². The highest BCUT2D eigenvalue weighted by Gasteiger charge is 1.91. The van der Waals surface area contributed by atoms with Crippen molar-refractivity contribution in [2.45, 2.75) is 27.2 Å². The first-order chi connectivity index (χ1) is 7.10. The Labute approximate surface area is 90.5 Å². The second kappa shape index (κ2) is 7.67. The van der Waals surface area contributed by atoms with Crippen molar-refractivity contribution in [1.82, 2.24) is 0 Å². The van der Waals surface area contributed by atoms with E-state index in [-0.39, 0.29) is 0 Å². The average Bonchev–Trinajstić information content (AvgIpc) is 2.22. The second-order valence-electron chi connectivity index (χ2n) is 3.06. The van der Waals surface area contributed by atoms with Crippen molar-refractivity contribution >= 4 is 6.21 Å². The Balaban J connectivity index is 4.24. The first-order valence-corrected chi connectivity index (χ1v) is 4.70. The van der Waals surface area contributed by atoms with Gasteiger partial charge in [-0.25, -0.2) is 0 Å². The molecular weight excluding hydrogens is 190 g/mol. The van der Waals surface area contributed by atoms with Crippen molar-refractivity contribution < 1.29 is 4.74 Å². The fourth-order valence-electron chi connectivity index (χ4n) is 0.738. The lowest BCUT2D eigenvalue weighted by Crippen LogP contribution is -1.89. The monoisotopic (exact) mass is 207 g/mol. The van der Waals surface area contributed by atoms with Gasteiger partial charge in [0, 0.05) is 0 Å². The zero-order valence-electron chi connectivity index (χ0n) is 9.45. The summed E-state index contributed by atoms with van der Waals surface area (Å²) in [4.78, 5) is 0. The van der Waals surface area contributed by atoms with Crippen LogP contribution in [0.2, 0.25) is 0 Å². The van der Waals surface area contributed by atoms with Gasteiger partial charge in [-0.3, -0.25) is 0 Å². The van der Waals surface area contributed by atoms with E-state index in [9.17, 15) is 0 Å². The fourth-order valence-corrected chi connectivity index (χ4v) is 0.738. The van der Waals surface area contributed by atoms with Crippen LogP contribution in [0.15, 0.2) is 46.1 Å². The molecule has 0 heterocycles. The van der Waals surface area contributed by atoms with E-state index in [1.165, 1.54) is 11.8 Å². The first kappa shape index (κ1) is 13.3. The Bertz CT molecular complexity index is 314. The summed E-state index contributed by atoms with van der Waals surface area (Å²) in [5, 5.41) is 6.15. The number of nitrogens with zero attached hydrogens (tertiary/aromatic N) is 2. The van der Waals surface area contributed by atoms with Gasteiger partial charge in [0.15, 0.2) is 0 Å². The van der Waals surface area contributed by atoms with E-state index in [1.807, 2.05) is 19.1 Å². The Morgan fingerprint density at radius 2 is 2.07 bits per heavy atom. The van der Waals surface area contributed by atoms with Gasteiger partial charge in [-0.05, 0) is 26.3 Å². The highest BCUT2D eigenvalue weighted by molar-refractivity contribution is 5.74. The Kier molecular flexibility index (Phi) is 6.80. The standard InChI is InChI=1S/C11H17N3O/c1-5-9(2)6-7-10(3)15-11(4)8-13-14-12/h6-8,12H,4-5H2,1-3H3/b9-6?,10-7+,13-8-,14-12?. The molecule has 0 radical (unpaired) electrons. The highest BCUT2D eigenvalue weighted by Crippen LogP contribution is 2.05. The molecule has 4 heteroatoms. The molecule has 0 spiro atoms. The number of hydrogen-bond donors (Lipinski definition) is 1. The minimum Gasteiger partial charge on any atom is -0.461 e. The van der Waals surface area contributed by atoms with Crippen molar-refractivity contribution in [2.24, 2.45) is 10.3 Å². The number of allylic oxidation sites excluding steroid dienone is 5. The molecular formula is C11H17N3O. The Hall–Kier alpha value is -1.71. The summed E-state index contributed by atoms with van der Waals surface area (Å²) in [6, 6.07) is 0. The summed E-state index contributed by atoms with van der Waals surface area (Å²) in [7, 11) is 0. The molecule has 0 saturated heterocycles. The zero-order valence-corrected chi connectivity index (χ0v) is 9.45. The normalized spacial score (nSPS) is 13.0. The van der Waals surface area contributed by atoms with Crippen molar-refractivity contribution in [1.29, 1.82) is 5.53 Å². The van der Waals surface area contributed by atoms with E-state index in [0.29, 0.717) is 5.76 Å². The molecule has 0 fully saturated rings. The molecule has 0 aromatic carbocycles. The van der Waals surface area contributed by atoms with Gasteiger partial charge in [0.1, 0.15) is 11.5 Å². The predicted molar refractivity (Wildman–Crippen MR) is 61.7 cm³/mol. The fraction of sp³-hybridized carbons (Fsp3) is 0.364. The van der Waals surface area contributed by atoms with Crippen LogP contribution in [-0.2, 0) is 4.74 Å². The van der Waals surface area contributed by atoms with E-state index < -0.39 is 0 Å². The maximum absolute atomic E-state index is 6.45. The van der Waals surface area contributed by atoms with Gasteiger partial charge in [-0.15, -0.1) is 5.10 Å². The topological polar surface area (TPSA) is 57.8 Å². The van der Waals surface area contributed by atoms with Crippen LogP contribution in [0.25, 0.3) is 0 Å². The van der Waals surface area contributed by atoms with Gasteiger partial charge >= 0.3 is 0 Å². The summed E-state index contributed by atoms with van der Waals surface area (Å²) in [6.07, 6.45) is 6.18. The predicted octanol–water partition coefficient (Wildman–Crippen LogP) is 3.79. The Morgan fingerprint density at radius 1 is 1.40 bits per heavy atom. The maximum atomic E-state index is 6.45. The quantitative estimate of drug-likeness (QED) is 0.233. The number of ether oxygens (including phenoxy) is 1. The summed E-state index contributed by atoms with van der Waals surface area (Å²) < 4.78 is 5.28. The molecule has 4 nitrogen and oxygen atoms in total. The lowest BCUT2D eigenvalue weighted by molar-refractivity contribution is 0.334. The van der Waals surface area contributed by atoms with Gasteiger partial charge in [-0.2, -0.15) is 5.53 Å². The maximum Gasteiger partial charge on any atom is 0.139 e. The van der Waals surface area contributed by atoms with Crippen LogP contribution in [0, 0.1) is 5.53 Å². The number of nitrogens with one attached hydrogen (secondary N) is 1. The first-order valence-electron chi connectivity index (χ1n) is 4.70. The molecule has 82 valence electrons. The van der Waals surface area contributed by atoms with Gasteiger partial charge in [0.2, 0.25) is 0 Å². The zero-order chi connectivity index (χ0) is 11.7. The second-order valence-corrected chi connectivity index (χ2v) is 3.06. The summed E-state index contributed by atoms with van der Waals surface area (Å²) in [5.74, 6) is 1.09. The van der Waals surface area contributed by atoms with Crippen molar-refractivity contribution in [2.75, 3.05) is 0 Å². The number of hydrogen-bond acceptors (Lipinski definition) is 3. The van der Waals surface area contributed by atoms with Crippen molar-refractivity contribution in [3.8, 4) is 0 Å². The molecule has 1 N–H and O–H groups in total. The third kappa shape index (κ3) is 7.37. The highest BCUT2D eigenvalue weighted by atomic mass is 16.5. The van der Waals surface area contributed by atoms with Crippen LogP contribution in [-0.4, -0.2) is 6.21 Å². The van der Waals surface area contributed by atoms with Crippen LogP contribution in [0.4, 0.5) is 0 Å². The van der Waals surface area contributed by atoms with E-state index in [4.69, 9.17) is 10.3 Å². The van der Waals surface area contributed by atoms with E-state index >= 15 is 0 Å². The molecule has 0 aromatic rings. The molecule has 0 aliphatic carbocycles.